The van der Waals surface area contributed by atoms with Crippen LogP contribution in [0.4, 0.5) is 0 Å². The molecule has 17 aromatic carbocycles. The van der Waals surface area contributed by atoms with E-state index in [1.165, 1.54) is 260 Å². The lowest BCUT2D eigenvalue weighted by Gasteiger charge is -2.12. The minimum Gasteiger partial charge on any atom is -0.256 e. The van der Waals surface area contributed by atoms with Crippen LogP contribution in [-0.2, 0) is 35.2 Å². The highest BCUT2D eigenvalue weighted by molar-refractivity contribution is 6.12. The van der Waals surface area contributed by atoms with E-state index < -0.39 is 0 Å². The molecule has 0 N–H and O–H groups in total. The van der Waals surface area contributed by atoms with Crippen LogP contribution in [0.2, 0.25) is 0 Å². The van der Waals surface area contributed by atoms with Gasteiger partial charge in [0.25, 0.3) is 23.3 Å². The number of nitrogens with zero attached hydrogens (tertiary/aromatic N) is 13. The van der Waals surface area contributed by atoms with E-state index >= 15 is 0 Å². The van der Waals surface area contributed by atoms with Crippen molar-refractivity contribution in [3.8, 4) is 79.6 Å². The van der Waals surface area contributed by atoms with E-state index in [4.69, 9.17) is 4.98 Å². The lowest BCUT2D eigenvalue weighted by atomic mass is 9.96. The third-order valence-electron chi connectivity index (χ3n) is 29.6. The van der Waals surface area contributed by atoms with E-state index in [-0.39, 0.29) is 0 Å². The summed E-state index contributed by atoms with van der Waals surface area (Å²) in [5.41, 5.74) is 37.2. The van der Waals surface area contributed by atoms with Gasteiger partial charge >= 0.3 is 0 Å². The minimum absolute atomic E-state index is 1.01. The number of hydrogen-bond donors (Lipinski definition) is 0. The zero-order valence-corrected chi connectivity index (χ0v) is 86.0. The Hall–Kier alpha value is -17.0. The van der Waals surface area contributed by atoms with Crippen molar-refractivity contribution in [2.24, 2.45) is 35.2 Å². The first kappa shape index (κ1) is 93.3. The van der Waals surface area contributed by atoms with Crippen molar-refractivity contribution >= 4 is 119 Å². The van der Waals surface area contributed by atoms with E-state index in [2.05, 4.69) is 530 Å². The summed E-state index contributed by atoms with van der Waals surface area (Å²) < 4.78 is 20.6. The van der Waals surface area contributed by atoms with Crippen LogP contribution in [0.5, 0.6) is 0 Å². The summed E-state index contributed by atoms with van der Waals surface area (Å²) in [6.45, 7) is 32.8. The van der Waals surface area contributed by atoms with Crippen LogP contribution in [0.25, 0.3) is 199 Å². The highest BCUT2D eigenvalue weighted by Gasteiger charge is 2.33. The maximum Gasteiger partial charge on any atom is 0.295 e. The maximum absolute atomic E-state index is 4.71. The molecule has 0 amide bonds. The van der Waals surface area contributed by atoms with Crippen LogP contribution in [0.1, 0.15) is 83.5 Å². The van der Waals surface area contributed by atoms with Gasteiger partial charge in [-0.05, 0) is 302 Å². The monoisotopic (exact) mass is 1870 g/mol. The molecule has 13 nitrogen and oxygen atoms in total. The van der Waals surface area contributed by atoms with Crippen LogP contribution in [0.15, 0.2) is 366 Å². The van der Waals surface area contributed by atoms with Gasteiger partial charge in [0.05, 0.1) is 67.0 Å². The molecule has 0 aliphatic carbocycles. The first-order valence-corrected chi connectivity index (χ1v) is 49.7. The van der Waals surface area contributed by atoms with E-state index in [0.29, 0.717) is 0 Å². The van der Waals surface area contributed by atoms with Crippen molar-refractivity contribution < 1.29 is 22.8 Å². The number of imidazole rings is 4. The zero-order valence-electron chi connectivity index (χ0n) is 86.0. The molecule has 0 atom stereocenters. The Labute approximate surface area is 842 Å². The van der Waals surface area contributed by atoms with Crippen molar-refractivity contribution in [3.63, 3.8) is 0 Å². The standard InChI is InChI=1S/C31H27N2.C27H25N2.2C26H24N3.C21H20N3/c1-20-10-9-11-21(2)30(20)33-29-15-8-7-14-28(29)32(4)31(33)26-19-27-24(18-22(26)3)17-16-23-12-5-6-13-25(23)27;1-18-8-7-9-19(2)26(18)29-15-14-28(4)27(29)24-17-25-22(16-20(24)3)13-12-21-10-5-6-11-23(21)25;1-17-8-7-9-18(2)25(17)29-13-12-28(4)26(29)22-15-23-20(14-19(22)3)16-27-24-11-6-5-10-21(23)24;1-17-8-7-9-18(2)25(17)29-13-12-28(4)26(29)22-15-23-21-11-6-5-10-20(21)16-27-24(23)14-19(22)3;1-13-8-20(24(4)11-15(13)3)18-9-19-16(7-14(18)2)5-6-17-10-22-12-23-21(17)19/h5-19H,1-4H3;5-17H,1-4H3;2*5-16H,1-4H3;5-12H,1-4H3/q5*+1. The average Bonchev–Trinajstić information content (AvgIpc) is 1.58. The Balaban J connectivity index is 0.000000106. The summed E-state index contributed by atoms with van der Waals surface area (Å²) in [5, 5.41) is 21.0. The fourth-order valence-corrected chi connectivity index (χ4v) is 22.2. The summed E-state index contributed by atoms with van der Waals surface area (Å²) >= 11 is 0. The predicted octanol–water partition coefficient (Wildman–Crippen LogP) is 28.9. The second-order valence-corrected chi connectivity index (χ2v) is 39.4. The molecule has 0 unspecified atom stereocenters. The molecule has 8 aromatic heterocycles. The second-order valence-electron chi connectivity index (χ2n) is 39.4. The van der Waals surface area contributed by atoms with Gasteiger partial charge in [-0.1, -0.05) is 231 Å². The summed E-state index contributed by atoms with van der Waals surface area (Å²) in [5.74, 6) is 4.77. The van der Waals surface area contributed by atoms with Crippen LogP contribution < -0.4 is 22.8 Å². The number of para-hydroxylation sites is 7. The van der Waals surface area contributed by atoms with E-state index in [9.17, 15) is 0 Å². The lowest BCUT2D eigenvalue weighted by molar-refractivity contribution is -0.660. The fraction of sp³-hybridized carbons (Fsp3) is 0.153. The van der Waals surface area contributed by atoms with Crippen molar-refractivity contribution in [1.82, 2.24) is 38.2 Å². The highest BCUT2D eigenvalue weighted by atomic mass is 15.2. The molecule has 144 heavy (non-hydrogen) atoms. The van der Waals surface area contributed by atoms with Crippen LogP contribution >= 0.6 is 0 Å². The molecule has 0 radical (unpaired) electrons. The first-order chi connectivity index (χ1) is 69.7. The van der Waals surface area contributed by atoms with Gasteiger partial charge in [0.2, 0.25) is 5.69 Å². The maximum atomic E-state index is 4.71. The number of fused-ring (bicyclic) bond motifs is 16. The average molecular weight is 1880 g/mol. The highest BCUT2D eigenvalue weighted by Crippen LogP contribution is 2.42. The molecule has 0 saturated heterocycles. The van der Waals surface area contributed by atoms with E-state index in [0.717, 1.165) is 21.9 Å². The third-order valence-corrected chi connectivity index (χ3v) is 29.6. The van der Waals surface area contributed by atoms with Crippen molar-refractivity contribution in [1.29, 1.82) is 0 Å². The van der Waals surface area contributed by atoms with Gasteiger partial charge in [-0.2, -0.15) is 18.3 Å². The predicted molar refractivity (Wildman–Crippen MR) is 597 cm³/mol. The summed E-state index contributed by atoms with van der Waals surface area (Å²) in [4.78, 5) is 18.0. The summed E-state index contributed by atoms with van der Waals surface area (Å²) in [6.07, 6.45) is 22.6. The molecule has 0 aliphatic rings. The number of hydrogen-bond acceptors (Lipinski definition) is 4. The lowest BCUT2D eigenvalue weighted by Crippen LogP contribution is -2.31. The smallest absolute Gasteiger partial charge is 0.256 e. The molecule has 8 heterocycles. The molecule has 0 spiro atoms. The topological polar surface area (TPSA) is 90.7 Å². The van der Waals surface area contributed by atoms with Crippen LogP contribution in [0, 0.1) is 104 Å². The van der Waals surface area contributed by atoms with Gasteiger partial charge in [0.15, 0.2) is 17.2 Å². The van der Waals surface area contributed by atoms with Gasteiger partial charge in [0.1, 0.15) is 73.3 Å². The Morgan fingerprint density at radius 1 is 0.229 bits per heavy atom. The van der Waals surface area contributed by atoms with Gasteiger partial charge in [-0.15, -0.1) is 0 Å². The summed E-state index contributed by atoms with van der Waals surface area (Å²) in [7, 11) is 10.7. The van der Waals surface area contributed by atoms with E-state index in [1.807, 2.05) is 24.7 Å². The zero-order chi connectivity index (χ0) is 99.9. The Morgan fingerprint density at radius 3 is 1.10 bits per heavy atom. The number of rotatable bonds is 9. The molecule has 25 aromatic rings. The number of aromatic nitrogens is 13. The van der Waals surface area contributed by atoms with Crippen LogP contribution in [-0.4, -0.2) is 38.2 Å². The SMILES string of the molecule is Cc1cc(-c2cc3c(ccc4cncnc43)cc2C)[n+](C)cc1C.Cc1cc2ccc3ccccc3c2cc1-c1n(-c2c(C)cccc2C)c2ccccc2[n+]1C.Cc1cc2ccc3ccccc3c2cc1-c1n(-c2c(C)cccc2C)cc[n+]1C.Cc1cc2cnc3ccccc3c2cc1-c1n(-c2c(C)cccc2C)cc[n+]1C.Cc1cc2ncc3ccccc3c2cc1-c1n(-c2c(C)cccc2C)cc[n+]1C. The van der Waals surface area contributed by atoms with Gasteiger partial charge in [-0.3, -0.25) is 9.97 Å². The molecule has 25 rings (SSSR count). The molecule has 0 saturated carbocycles. The fourth-order valence-electron chi connectivity index (χ4n) is 22.2. The van der Waals surface area contributed by atoms with Crippen molar-refractivity contribution in [2.75, 3.05) is 0 Å². The minimum atomic E-state index is 1.01. The summed E-state index contributed by atoms with van der Waals surface area (Å²) in [6, 6.07) is 107. The number of aryl methyl sites for hydroxylation is 20. The molecule has 0 bridgehead atoms. The van der Waals surface area contributed by atoms with Gasteiger partial charge in [-0.25, -0.2) is 32.8 Å². The van der Waals surface area contributed by atoms with Crippen LogP contribution in [0.3, 0.4) is 0 Å². The second kappa shape index (κ2) is 38.2. The molecule has 0 fully saturated rings. The largest absolute Gasteiger partial charge is 0.295 e. The molecular weight excluding hydrogens is 1760 g/mol. The number of pyridine rings is 3. The first-order valence-electron chi connectivity index (χ1n) is 49.7. The molecule has 704 valence electrons. The molecule has 13 heteroatoms. The quantitative estimate of drug-likeness (QED) is 0.106. The molecule has 0 aliphatic heterocycles. The molecular formula is C131H120N13+5. The normalized spacial score (nSPS) is 11.5. The Bertz CT molecular complexity index is 8890. The van der Waals surface area contributed by atoms with Crippen molar-refractivity contribution in [3.05, 3.63) is 449 Å². The van der Waals surface area contributed by atoms with Crippen molar-refractivity contribution in [2.45, 2.75) is 104 Å². The van der Waals surface area contributed by atoms with Gasteiger partial charge in [0, 0.05) is 68.1 Å². The Morgan fingerprint density at radius 2 is 0.597 bits per heavy atom. The van der Waals surface area contributed by atoms with E-state index in [1.54, 1.807) is 6.33 Å². The third kappa shape index (κ3) is 16.9. The number of benzene rings is 17. The van der Waals surface area contributed by atoms with Gasteiger partial charge < -0.3 is 0 Å². The Kier molecular flexibility index (Phi) is 24.7.